The lowest BCUT2D eigenvalue weighted by atomic mass is 10.2. The summed E-state index contributed by atoms with van der Waals surface area (Å²) in [6.45, 7) is 0. The minimum absolute atomic E-state index is 0.190. The standard InChI is InChI=1S/C21H19N3O7S/c1-29-14-6-4-13(5-7-14)20(28)31-16-9-12(3-8-15(16)30-2)11-22-24-21-23-19(27)17(32-21)10-18(25)26/h3-9,11,17H,10H2,1-2H3,(H,25,26)(H,23,24,27)/b22-11-/t17-/m1/s1. The monoisotopic (exact) mass is 457 g/mol. The van der Waals surface area contributed by atoms with Gasteiger partial charge < -0.3 is 24.6 Å². The van der Waals surface area contributed by atoms with E-state index in [2.05, 4.69) is 15.5 Å². The number of hydrogen-bond acceptors (Lipinski definition) is 9. The van der Waals surface area contributed by atoms with Crippen LogP contribution >= 0.6 is 11.8 Å². The first-order valence-electron chi connectivity index (χ1n) is 9.24. The van der Waals surface area contributed by atoms with Crippen molar-refractivity contribution in [2.24, 2.45) is 10.2 Å². The molecular formula is C21H19N3O7S. The summed E-state index contributed by atoms with van der Waals surface area (Å²) in [5.41, 5.74) is 0.896. The third-order valence-electron chi connectivity index (χ3n) is 4.21. The van der Waals surface area contributed by atoms with Crippen LogP contribution in [-0.2, 0) is 9.59 Å². The zero-order chi connectivity index (χ0) is 23.1. The number of amidine groups is 1. The van der Waals surface area contributed by atoms with Crippen LogP contribution in [0.2, 0.25) is 0 Å². The number of methoxy groups -OCH3 is 2. The summed E-state index contributed by atoms with van der Waals surface area (Å²) in [6, 6.07) is 11.3. The molecular weight excluding hydrogens is 438 g/mol. The number of thioether (sulfide) groups is 1. The number of hydrogen-bond donors (Lipinski definition) is 2. The Morgan fingerprint density at radius 1 is 1.12 bits per heavy atom. The summed E-state index contributed by atoms with van der Waals surface area (Å²) < 4.78 is 15.8. The Balaban J connectivity index is 1.71. The van der Waals surface area contributed by atoms with Gasteiger partial charge in [0.1, 0.15) is 11.0 Å². The second kappa shape index (κ2) is 10.4. The molecule has 1 aliphatic rings. The lowest BCUT2D eigenvalue weighted by molar-refractivity contribution is -0.138. The largest absolute Gasteiger partial charge is 0.497 e. The summed E-state index contributed by atoms with van der Waals surface area (Å²) in [5, 5.41) is 18.6. The van der Waals surface area contributed by atoms with Gasteiger partial charge in [-0.1, -0.05) is 11.8 Å². The number of carboxylic acid groups (broad SMARTS) is 1. The van der Waals surface area contributed by atoms with Gasteiger partial charge in [0.15, 0.2) is 16.7 Å². The Morgan fingerprint density at radius 3 is 2.53 bits per heavy atom. The fourth-order valence-corrected chi connectivity index (χ4v) is 3.55. The van der Waals surface area contributed by atoms with Gasteiger partial charge in [0.25, 0.3) is 0 Å². The molecule has 0 bridgehead atoms. The average Bonchev–Trinajstić information content (AvgIpc) is 3.12. The van der Waals surface area contributed by atoms with Crippen LogP contribution in [0.5, 0.6) is 17.2 Å². The molecule has 0 spiro atoms. The normalized spacial score (nSPS) is 16.8. The van der Waals surface area contributed by atoms with Gasteiger partial charge in [0.2, 0.25) is 5.91 Å². The molecule has 1 heterocycles. The van der Waals surface area contributed by atoms with E-state index in [4.69, 9.17) is 19.3 Å². The molecule has 11 heteroatoms. The third-order valence-corrected chi connectivity index (χ3v) is 5.28. The molecule has 2 aromatic carbocycles. The number of carbonyl (C=O) groups excluding carboxylic acids is 2. The summed E-state index contributed by atoms with van der Waals surface area (Å²) in [5.74, 6) is -0.916. The van der Waals surface area contributed by atoms with Crippen LogP contribution in [0.1, 0.15) is 22.3 Å². The molecule has 0 saturated carbocycles. The lowest BCUT2D eigenvalue weighted by Gasteiger charge is -2.10. The van der Waals surface area contributed by atoms with Gasteiger partial charge in [-0.15, -0.1) is 5.10 Å². The number of aliphatic carboxylic acids is 1. The van der Waals surface area contributed by atoms with Crippen LogP contribution in [0.25, 0.3) is 0 Å². The van der Waals surface area contributed by atoms with Crippen molar-refractivity contribution in [3.8, 4) is 17.2 Å². The molecule has 1 saturated heterocycles. The van der Waals surface area contributed by atoms with Crippen LogP contribution in [0, 0.1) is 0 Å². The van der Waals surface area contributed by atoms with E-state index in [0.717, 1.165) is 11.8 Å². The van der Waals surface area contributed by atoms with Gasteiger partial charge in [0.05, 0.1) is 32.4 Å². The Labute approximate surface area is 187 Å². The van der Waals surface area contributed by atoms with Gasteiger partial charge in [0, 0.05) is 0 Å². The van der Waals surface area contributed by atoms with Crippen molar-refractivity contribution in [3.05, 3.63) is 53.6 Å². The maximum absolute atomic E-state index is 12.5. The van der Waals surface area contributed by atoms with Crippen molar-refractivity contribution in [1.29, 1.82) is 0 Å². The highest BCUT2D eigenvalue weighted by Crippen LogP contribution is 2.29. The van der Waals surface area contributed by atoms with Crippen molar-refractivity contribution in [2.45, 2.75) is 11.7 Å². The minimum atomic E-state index is -1.07. The molecule has 1 amide bonds. The maximum atomic E-state index is 12.5. The molecule has 1 fully saturated rings. The quantitative estimate of drug-likeness (QED) is 0.267. The average molecular weight is 457 g/mol. The number of esters is 1. The first kappa shape index (κ1) is 22.8. The van der Waals surface area contributed by atoms with Crippen LogP contribution < -0.4 is 19.5 Å². The van der Waals surface area contributed by atoms with E-state index in [1.807, 2.05) is 0 Å². The number of nitrogens with one attached hydrogen (secondary N) is 1. The third kappa shape index (κ3) is 5.85. The van der Waals surface area contributed by atoms with Crippen LogP contribution in [0.15, 0.2) is 52.7 Å². The highest BCUT2D eigenvalue weighted by atomic mass is 32.2. The predicted octanol–water partition coefficient (Wildman–Crippen LogP) is 2.32. The number of carbonyl (C=O) groups is 3. The molecule has 2 aromatic rings. The van der Waals surface area contributed by atoms with E-state index in [-0.39, 0.29) is 17.3 Å². The summed E-state index contributed by atoms with van der Waals surface area (Å²) in [6.07, 6.45) is 1.09. The first-order valence-corrected chi connectivity index (χ1v) is 10.1. The number of nitrogens with zero attached hydrogens (tertiary/aromatic N) is 2. The topological polar surface area (TPSA) is 136 Å². The zero-order valence-corrected chi connectivity index (χ0v) is 17.9. The SMILES string of the molecule is COc1ccc(C(=O)Oc2cc(/C=N\N=C3\NC(=O)[C@@H](CC(=O)O)S3)ccc2OC)cc1. The molecule has 3 rings (SSSR count). The van der Waals surface area contributed by atoms with E-state index in [1.165, 1.54) is 20.4 Å². The van der Waals surface area contributed by atoms with Crippen molar-refractivity contribution < 1.29 is 33.7 Å². The van der Waals surface area contributed by atoms with Gasteiger partial charge in [-0.25, -0.2) is 4.79 Å². The smallest absolute Gasteiger partial charge is 0.343 e. The summed E-state index contributed by atoms with van der Waals surface area (Å²) in [4.78, 5) is 35.0. The van der Waals surface area contributed by atoms with E-state index in [0.29, 0.717) is 22.6 Å². The van der Waals surface area contributed by atoms with Crippen molar-refractivity contribution in [3.63, 3.8) is 0 Å². The van der Waals surface area contributed by atoms with Crippen LogP contribution in [0.3, 0.4) is 0 Å². The highest BCUT2D eigenvalue weighted by Gasteiger charge is 2.32. The summed E-state index contributed by atoms with van der Waals surface area (Å²) in [7, 11) is 2.98. The molecule has 0 radical (unpaired) electrons. The molecule has 166 valence electrons. The van der Waals surface area contributed by atoms with E-state index in [9.17, 15) is 14.4 Å². The number of carboxylic acids is 1. The molecule has 0 aromatic heterocycles. The number of rotatable bonds is 8. The highest BCUT2D eigenvalue weighted by molar-refractivity contribution is 8.15. The molecule has 10 nitrogen and oxygen atoms in total. The number of amides is 1. The Morgan fingerprint density at radius 2 is 1.88 bits per heavy atom. The summed E-state index contributed by atoms with van der Waals surface area (Å²) >= 11 is 0.997. The molecule has 1 atom stereocenters. The molecule has 0 aliphatic carbocycles. The maximum Gasteiger partial charge on any atom is 0.343 e. The molecule has 1 aliphatic heterocycles. The van der Waals surface area contributed by atoms with Crippen molar-refractivity contribution in [2.75, 3.05) is 14.2 Å². The van der Waals surface area contributed by atoms with Gasteiger partial charge in [-0.3, -0.25) is 9.59 Å². The second-order valence-corrected chi connectivity index (χ2v) is 7.56. The fraction of sp³-hybridized carbons (Fsp3) is 0.190. The van der Waals surface area contributed by atoms with Crippen molar-refractivity contribution in [1.82, 2.24) is 5.32 Å². The Bertz CT molecular complexity index is 1080. The van der Waals surface area contributed by atoms with Gasteiger partial charge in [-0.05, 0) is 48.0 Å². The molecule has 2 N–H and O–H groups in total. The zero-order valence-electron chi connectivity index (χ0n) is 17.1. The van der Waals surface area contributed by atoms with Gasteiger partial charge in [-0.2, -0.15) is 5.10 Å². The predicted molar refractivity (Wildman–Crippen MR) is 118 cm³/mol. The van der Waals surface area contributed by atoms with Crippen LogP contribution in [-0.4, -0.2) is 53.8 Å². The van der Waals surface area contributed by atoms with E-state index < -0.39 is 23.1 Å². The Hall–Kier alpha value is -3.86. The molecule has 0 unspecified atom stereocenters. The van der Waals surface area contributed by atoms with E-state index >= 15 is 0 Å². The van der Waals surface area contributed by atoms with Crippen molar-refractivity contribution >= 4 is 41.0 Å². The lowest BCUT2D eigenvalue weighted by Crippen LogP contribution is -2.26. The molecule has 32 heavy (non-hydrogen) atoms. The Kier molecular flexibility index (Phi) is 7.45. The number of ether oxygens (including phenoxy) is 3. The number of benzene rings is 2. The first-order chi connectivity index (χ1) is 15.4. The van der Waals surface area contributed by atoms with Gasteiger partial charge >= 0.3 is 11.9 Å². The van der Waals surface area contributed by atoms with Crippen LogP contribution in [0.4, 0.5) is 0 Å². The van der Waals surface area contributed by atoms with E-state index in [1.54, 1.807) is 42.5 Å². The fourth-order valence-electron chi connectivity index (χ4n) is 2.63. The second-order valence-electron chi connectivity index (χ2n) is 6.37. The minimum Gasteiger partial charge on any atom is -0.497 e.